The maximum atomic E-state index is 13.2. The van der Waals surface area contributed by atoms with Crippen molar-refractivity contribution in [1.82, 2.24) is 0 Å². The van der Waals surface area contributed by atoms with Crippen molar-refractivity contribution in [3.63, 3.8) is 0 Å². The number of hydrogen-bond acceptors (Lipinski definition) is 3. The molecule has 156 valence electrons. The van der Waals surface area contributed by atoms with Gasteiger partial charge in [0.25, 0.3) is 10.0 Å². The van der Waals surface area contributed by atoms with Gasteiger partial charge in [-0.15, -0.1) is 0 Å². The third-order valence-electron chi connectivity index (χ3n) is 4.72. The Kier molecular flexibility index (Phi) is 7.25. The van der Waals surface area contributed by atoms with Gasteiger partial charge in [-0.05, 0) is 54.8 Å². The van der Waals surface area contributed by atoms with Crippen molar-refractivity contribution in [1.29, 1.82) is 0 Å². The van der Waals surface area contributed by atoms with Gasteiger partial charge in [-0.2, -0.15) is 0 Å². The molecule has 0 aliphatic carbocycles. The third-order valence-corrected chi connectivity index (χ3v) is 6.51. The van der Waals surface area contributed by atoms with Crippen LogP contribution in [0.4, 0.5) is 11.4 Å². The van der Waals surface area contributed by atoms with Gasteiger partial charge in [0, 0.05) is 5.69 Å². The fourth-order valence-corrected chi connectivity index (χ4v) is 4.54. The van der Waals surface area contributed by atoms with E-state index in [9.17, 15) is 13.2 Å². The van der Waals surface area contributed by atoms with Crippen LogP contribution in [-0.4, -0.2) is 20.9 Å². The summed E-state index contributed by atoms with van der Waals surface area (Å²) in [7, 11) is -3.89. The molecule has 1 amide bonds. The molecule has 0 aliphatic heterocycles. The lowest BCUT2D eigenvalue weighted by Gasteiger charge is -2.24. The SMILES string of the molecule is CCCCc1ccc(NC(=O)CN(c2ccccc2)S(=O)(=O)c2ccccc2)cc1. The Balaban J connectivity index is 1.79. The van der Waals surface area contributed by atoms with Crippen molar-refractivity contribution in [2.45, 2.75) is 31.1 Å². The lowest BCUT2D eigenvalue weighted by Crippen LogP contribution is -2.38. The Morgan fingerprint density at radius 1 is 0.867 bits per heavy atom. The molecule has 0 radical (unpaired) electrons. The summed E-state index contributed by atoms with van der Waals surface area (Å²) in [4.78, 5) is 12.9. The van der Waals surface area contributed by atoms with Gasteiger partial charge in [-0.25, -0.2) is 8.42 Å². The van der Waals surface area contributed by atoms with Crippen LogP contribution in [0.1, 0.15) is 25.3 Å². The summed E-state index contributed by atoms with van der Waals surface area (Å²) in [6.45, 7) is 1.83. The molecule has 0 aromatic heterocycles. The highest BCUT2D eigenvalue weighted by Crippen LogP contribution is 2.23. The van der Waals surface area contributed by atoms with E-state index in [1.165, 1.54) is 17.7 Å². The zero-order valence-corrected chi connectivity index (χ0v) is 17.8. The number of rotatable bonds is 9. The smallest absolute Gasteiger partial charge is 0.264 e. The zero-order chi connectivity index (χ0) is 21.4. The third kappa shape index (κ3) is 5.48. The van der Waals surface area contributed by atoms with Crippen molar-refractivity contribution < 1.29 is 13.2 Å². The number of benzene rings is 3. The molecular weight excluding hydrogens is 396 g/mol. The predicted molar refractivity (Wildman–Crippen MR) is 121 cm³/mol. The number of aryl methyl sites for hydroxylation is 1. The zero-order valence-electron chi connectivity index (χ0n) is 17.0. The second-order valence-corrected chi connectivity index (χ2v) is 8.87. The van der Waals surface area contributed by atoms with Crippen LogP contribution in [0.2, 0.25) is 0 Å². The largest absolute Gasteiger partial charge is 0.325 e. The Labute approximate surface area is 178 Å². The van der Waals surface area contributed by atoms with Crippen molar-refractivity contribution in [2.75, 3.05) is 16.2 Å². The van der Waals surface area contributed by atoms with Crippen LogP contribution in [-0.2, 0) is 21.2 Å². The fraction of sp³-hybridized carbons (Fsp3) is 0.208. The number of para-hydroxylation sites is 1. The number of carbonyl (C=O) groups excluding carboxylic acids is 1. The summed E-state index contributed by atoms with van der Waals surface area (Å²) in [6, 6.07) is 24.4. The highest BCUT2D eigenvalue weighted by molar-refractivity contribution is 7.92. The molecule has 3 aromatic rings. The van der Waals surface area contributed by atoms with Gasteiger partial charge < -0.3 is 5.32 Å². The Bertz CT molecular complexity index is 1050. The summed E-state index contributed by atoms with van der Waals surface area (Å²) < 4.78 is 27.6. The first-order chi connectivity index (χ1) is 14.5. The van der Waals surface area contributed by atoms with Crippen LogP contribution in [0.5, 0.6) is 0 Å². The number of anilines is 2. The average molecular weight is 423 g/mol. The van der Waals surface area contributed by atoms with E-state index < -0.39 is 15.9 Å². The Morgan fingerprint density at radius 2 is 1.47 bits per heavy atom. The van der Waals surface area contributed by atoms with E-state index >= 15 is 0 Å². The second-order valence-electron chi connectivity index (χ2n) is 7.01. The van der Waals surface area contributed by atoms with Crippen molar-refractivity contribution >= 4 is 27.3 Å². The molecule has 0 atom stereocenters. The van der Waals surface area contributed by atoms with Crippen LogP contribution in [0.3, 0.4) is 0 Å². The van der Waals surface area contributed by atoms with Crippen molar-refractivity contribution in [3.05, 3.63) is 90.5 Å². The van der Waals surface area contributed by atoms with E-state index in [0.29, 0.717) is 11.4 Å². The number of hydrogen-bond donors (Lipinski definition) is 1. The van der Waals surface area contributed by atoms with Gasteiger partial charge >= 0.3 is 0 Å². The van der Waals surface area contributed by atoms with Gasteiger partial charge in [0.2, 0.25) is 5.91 Å². The van der Waals surface area contributed by atoms with E-state index in [-0.39, 0.29) is 11.4 Å². The lowest BCUT2D eigenvalue weighted by molar-refractivity contribution is -0.114. The van der Waals surface area contributed by atoms with Gasteiger partial charge in [0.05, 0.1) is 10.6 Å². The van der Waals surface area contributed by atoms with E-state index in [1.54, 1.807) is 48.5 Å². The van der Waals surface area contributed by atoms with E-state index in [1.807, 2.05) is 24.3 Å². The molecular formula is C24H26N2O3S. The van der Waals surface area contributed by atoms with Gasteiger partial charge in [-0.1, -0.05) is 61.9 Å². The molecule has 6 heteroatoms. The van der Waals surface area contributed by atoms with E-state index in [2.05, 4.69) is 12.2 Å². The molecule has 0 fully saturated rings. The van der Waals surface area contributed by atoms with Crippen LogP contribution in [0.15, 0.2) is 89.8 Å². The van der Waals surface area contributed by atoms with Crippen LogP contribution >= 0.6 is 0 Å². The van der Waals surface area contributed by atoms with Gasteiger partial charge in [0.15, 0.2) is 0 Å². The van der Waals surface area contributed by atoms with Crippen LogP contribution < -0.4 is 9.62 Å². The molecule has 0 heterocycles. The highest BCUT2D eigenvalue weighted by Gasteiger charge is 2.26. The first-order valence-electron chi connectivity index (χ1n) is 10.0. The van der Waals surface area contributed by atoms with Crippen LogP contribution in [0.25, 0.3) is 0 Å². The van der Waals surface area contributed by atoms with Gasteiger partial charge in [-0.3, -0.25) is 9.10 Å². The first kappa shape index (κ1) is 21.6. The standard InChI is InChI=1S/C24H26N2O3S/c1-2-3-10-20-15-17-21(18-16-20)25-24(27)19-26(22-11-6-4-7-12-22)30(28,29)23-13-8-5-9-14-23/h4-9,11-18H,2-3,10,19H2,1H3,(H,25,27). The molecule has 0 saturated heterocycles. The highest BCUT2D eigenvalue weighted by atomic mass is 32.2. The first-order valence-corrected chi connectivity index (χ1v) is 11.5. The topological polar surface area (TPSA) is 66.5 Å². The van der Waals surface area contributed by atoms with Crippen LogP contribution in [0, 0.1) is 0 Å². The summed E-state index contributed by atoms with van der Waals surface area (Å²) >= 11 is 0. The number of carbonyl (C=O) groups is 1. The van der Waals surface area contributed by atoms with Crippen molar-refractivity contribution in [3.8, 4) is 0 Å². The minimum Gasteiger partial charge on any atom is -0.325 e. The molecule has 5 nitrogen and oxygen atoms in total. The number of sulfonamides is 1. The molecule has 0 aliphatic rings. The summed E-state index contributed by atoms with van der Waals surface area (Å²) in [5.74, 6) is -0.403. The predicted octanol–water partition coefficient (Wildman–Crippen LogP) is 4.86. The van der Waals surface area contributed by atoms with E-state index in [0.717, 1.165) is 23.6 Å². The number of unbranched alkanes of at least 4 members (excludes halogenated alkanes) is 1. The summed E-state index contributed by atoms with van der Waals surface area (Å²) in [6.07, 6.45) is 3.25. The lowest BCUT2D eigenvalue weighted by atomic mass is 10.1. The molecule has 0 unspecified atom stereocenters. The minimum atomic E-state index is -3.89. The summed E-state index contributed by atoms with van der Waals surface area (Å²) in [5.41, 5.74) is 2.30. The number of nitrogens with zero attached hydrogens (tertiary/aromatic N) is 1. The minimum absolute atomic E-state index is 0.141. The number of amides is 1. The maximum absolute atomic E-state index is 13.2. The monoisotopic (exact) mass is 422 g/mol. The normalized spacial score (nSPS) is 11.1. The van der Waals surface area contributed by atoms with Gasteiger partial charge in [0.1, 0.15) is 6.54 Å². The number of nitrogens with one attached hydrogen (secondary N) is 1. The molecule has 30 heavy (non-hydrogen) atoms. The molecule has 1 N–H and O–H groups in total. The maximum Gasteiger partial charge on any atom is 0.264 e. The van der Waals surface area contributed by atoms with E-state index in [4.69, 9.17) is 0 Å². The molecule has 0 spiro atoms. The quantitative estimate of drug-likeness (QED) is 0.535. The Hall–Kier alpha value is -3.12. The molecule has 3 aromatic carbocycles. The fourth-order valence-electron chi connectivity index (χ4n) is 3.10. The molecule has 0 saturated carbocycles. The second kappa shape index (κ2) is 10.1. The Morgan fingerprint density at radius 3 is 2.07 bits per heavy atom. The molecule has 0 bridgehead atoms. The average Bonchev–Trinajstić information content (AvgIpc) is 2.78. The van der Waals surface area contributed by atoms with Crippen molar-refractivity contribution in [2.24, 2.45) is 0 Å². The summed E-state index contributed by atoms with van der Waals surface area (Å²) in [5, 5.41) is 2.80. The molecule has 3 rings (SSSR count).